The molecule has 1 heterocycles. The van der Waals surface area contributed by atoms with E-state index < -0.39 is 11.6 Å². The molecule has 0 bridgehead atoms. The van der Waals surface area contributed by atoms with Crippen LogP contribution in [0.3, 0.4) is 0 Å². The van der Waals surface area contributed by atoms with E-state index in [2.05, 4.69) is 10.3 Å². The largest absolute Gasteiger partial charge is 0.374 e. The minimum absolute atomic E-state index is 0.0224. The molecular weight excluding hydrogens is 256 g/mol. The van der Waals surface area contributed by atoms with Crippen LogP contribution >= 0.6 is 11.3 Å². The van der Waals surface area contributed by atoms with E-state index in [4.69, 9.17) is 5.26 Å². The third-order valence-corrected chi connectivity index (χ3v) is 3.35. The summed E-state index contributed by atoms with van der Waals surface area (Å²) in [5.41, 5.74) is -0.283. The Morgan fingerprint density at radius 2 is 2.17 bits per heavy atom. The molecule has 0 saturated carbocycles. The zero-order chi connectivity index (χ0) is 13.1. The summed E-state index contributed by atoms with van der Waals surface area (Å²) < 4.78 is 27.1. The van der Waals surface area contributed by atoms with Crippen LogP contribution in [0.4, 0.5) is 14.5 Å². The molecule has 1 unspecified atom stereocenters. The highest BCUT2D eigenvalue weighted by Crippen LogP contribution is 2.25. The molecule has 92 valence electrons. The van der Waals surface area contributed by atoms with Crippen molar-refractivity contribution in [3.63, 3.8) is 0 Å². The molecule has 0 radical (unpaired) electrons. The van der Waals surface area contributed by atoms with Crippen molar-refractivity contribution in [3.8, 4) is 6.07 Å². The summed E-state index contributed by atoms with van der Waals surface area (Å²) in [5.74, 6) is -2.17. The van der Waals surface area contributed by atoms with Gasteiger partial charge in [-0.15, -0.1) is 11.3 Å². The van der Waals surface area contributed by atoms with E-state index >= 15 is 0 Å². The molecule has 0 spiro atoms. The van der Waals surface area contributed by atoms with Gasteiger partial charge in [-0.2, -0.15) is 5.26 Å². The predicted molar refractivity (Wildman–Crippen MR) is 65.2 cm³/mol. The maximum absolute atomic E-state index is 13.6. The van der Waals surface area contributed by atoms with Crippen molar-refractivity contribution in [2.75, 3.05) is 5.32 Å². The van der Waals surface area contributed by atoms with Crippen LogP contribution in [0.5, 0.6) is 0 Å². The second-order valence-corrected chi connectivity index (χ2v) is 4.56. The van der Waals surface area contributed by atoms with Gasteiger partial charge in [0, 0.05) is 11.6 Å². The Morgan fingerprint density at radius 3 is 2.78 bits per heavy atom. The fraction of sp³-hybridized carbons (Fsp3) is 0.167. The summed E-state index contributed by atoms with van der Waals surface area (Å²) in [7, 11) is 0. The number of hydrogen-bond acceptors (Lipinski definition) is 4. The second-order valence-electron chi connectivity index (χ2n) is 3.64. The van der Waals surface area contributed by atoms with Crippen LogP contribution in [0.25, 0.3) is 0 Å². The standard InChI is InChI=1S/C12H9F2N3S/c1-7(12-16-4-5-18-12)17-9-3-2-8(6-15)10(13)11(9)14/h2-5,7,17H,1H3. The second kappa shape index (κ2) is 5.10. The lowest BCUT2D eigenvalue weighted by Gasteiger charge is -2.13. The lowest BCUT2D eigenvalue weighted by Crippen LogP contribution is -2.08. The number of halogens is 2. The molecule has 1 atom stereocenters. The average Bonchev–Trinajstić information content (AvgIpc) is 2.89. The van der Waals surface area contributed by atoms with Crippen LogP contribution in [0.15, 0.2) is 23.7 Å². The minimum atomic E-state index is -1.13. The molecular formula is C12H9F2N3S. The topological polar surface area (TPSA) is 48.7 Å². The molecule has 0 aliphatic heterocycles. The summed E-state index contributed by atoms with van der Waals surface area (Å²) in [6.45, 7) is 1.80. The highest BCUT2D eigenvalue weighted by molar-refractivity contribution is 7.09. The summed E-state index contributed by atoms with van der Waals surface area (Å²) in [6, 6.07) is 3.95. The first-order valence-corrected chi connectivity index (χ1v) is 6.05. The van der Waals surface area contributed by atoms with Crippen molar-refractivity contribution in [1.82, 2.24) is 4.98 Å². The van der Waals surface area contributed by atoms with Gasteiger partial charge in [-0.3, -0.25) is 0 Å². The van der Waals surface area contributed by atoms with E-state index in [1.807, 2.05) is 5.38 Å². The number of nitrogens with zero attached hydrogens (tertiary/aromatic N) is 2. The van der Waals surface area contributed by atoms with E-state index in [0.717, 1.165) is 5.01 Å². The lowest BCUT2D eigenvalue weighted by atomic mass is 10.2. The molecule has 3 nitrogen and oxygen atoms in total. The van der Waals surface area contributed by atoms with Gasteiger partial charge < -0.3 is 5.32 Å². The minimum Gasteiger partial charge on any atom is -0.374 e. The Hall–Kier alpha value is -2.00. The fourth-order valence-electron chi connectivity index (χ4n) is 1.49. The number of hydrogen-bond donors (Lipinski definition) is 1. The van der Waals surface area contributed by atoms with Gasteiger partial charge in [0.1, 0.15) is 11.1 Å². The molecule has 1 aromatic carbocycles. The van der Waals surface area contributed by atoms with Crippen LogP contribution in [0, 0.1) is 23.0 Å². The van der Waals surface area contributed by atoms with Crippen molar-refractivity contribution >= 4 is 17.0 Å². The van der Waals surface area contributed by atoms with E-state index in [1.165, 1.54) is 23.5 Å². The third-order valence-electron chi connectivity index (χ3n) is 2.40. The zero-order valence-corrected chi connectivity index (χ0v) is 10.3. The van der Waals surface area contributed by atoms with Crippen molar-refractivity contribution in [2.45, 2.75) is 13.0 Å². The first kappa shape index (κ1) is 12.5. The molecule has 1 aromatic heterocycles. The quantitative estimate of drug-likeness (QED) is 0.924. The Kier molecular flexibility index (Phi) is 3.53. The predicted octanol–water partition coefficient (Wildman–Crippen LogP) is 3.47. The summed E-state index contributed by atoms with van der Waals surface area (Å²) >= 11 is 1.43. The zero-order valence-electron chi connectivity index (χ0n) is 9.45. The van der Waals surface area contributed by atoms with Gasteiger partial charge in [-0.05, 0) is 19.1 Å². The Morgan fingerprint density at radius 1 is 1.39 bits per heavy atom. The molecule has 0 fully saturated rings. The van der Waals surface area contributed by atoms with Gasteiger partial charge in [0.05, 0.1) is 17.3 Å². The van der Waals surface area contributed by atoms with Crippen molar-refractivity contribution in [2.24, 2.45) is 0 Å². The third kappa shape index (κ3) is 2.31. The monoisotopic (exact) mass is 265 g/mol. The molecule has 0 amide bonds. The Labute approximate surface area is 107 Å². The van der Waals surface area contributed by atoms with Crippen LogP contribution < -0.4 is 5.32 Å². The Balaban J connectivity index is 2.26. The highest BCUT2D eigenvalue weighted by atomic mass is 32.1. The SMILES string of the molecule is CC(Nc1ccc(C#N)c(F)c1F)c1nccs1. The number of rotatable bonds is 3. The normalized spacial score (nSPS) is 11.9. The number of benzene rings is 1. The van der Waals surface area contributed by atoms with Gasteiger partial charge in [0.15, 0.2) is 11.6 Å². The van der Waals surface area contributed by atoms with Gasteiger partial charge in [-0.25, -0.2) is 13.8 Å². The first-order valence-electron chi connectivity index (χ1n) is 5.17. The average molecular weight is 265 g/mol. The molecule has 18 heavy (non-hydrogen) atoms. The number of nitriles is 1. The number of nitrogens with one attached hydrogen (secondary N) is 1. The molecule has 6 heteroatoms. The summed E-state index contributed by atoms with van der Waals surface area (Å²) in [6.07, 6.45) is 1.65. The number of aromatic nitrogens is 1. The molecule has 0 aliphatic carbocycles. The van der Waals surface area contributed by atoms with E-state index in [9.17, 15) is 8.78 Å². The van der Waals surface area contributed by atoms with Crippen molar-refractivity contribution in [3.05, 3.63) is 45.9 Å². The number of thiazole rings is 1. The lowest BCUT2D eigenvalue weighted by molar-refractivity contribution is 0.507. The van der Waals surface area contributed by atoms with E-state index in [1.54, 1.807) is 19.2 Å². The highest BCUT2D eigenvalue weighted by Gasteiger charge is 2.16. The molecule has 1 N–H and O–H groups in total. The van der Waals surface area contributed by atoms with E-state index in [-0.39, 0.29) is 17.3 Å². The van der Waals surface area contributed by atoms with E-state index in [0.29, 0.717) is 0 Å². The first-order chi connectivity index (χ1) is 8.63. The molecule has 2 aromatic rings. The summed E-state index contributed by atoms with van der Waals surface area (Å²) in [5, 5.41) is 14.0. The molecule has 0 aliphatic rings. The van der Waals surface area contributed by atoms with Crippen LogP contribution in [0.1, 0.15) is 23.5 Å². The van der Waals surface area contributed by atoms with Crippen LogP contribution in [-0.4, -0.2) is 4.98 Å². The summed E-state index contributed by atoms with van der Waals surface area (Å²) in [4.78, 5) is 4.09. The van der Waals surface area contributed by atoms with Crippen molar-refractivity contribution in [1.29, 1.82) is 5.26 Å². The molecule has 2 rings (SSSR count). The molecule has 0 saturated heterocycles. The van der Waals surface area contributed by atoms with Crippen molar-refractivity contribution < 1.29 is 8.78 Å². The van der Waals surface area contributed by atoms with Gasteiger partial charge >= 0.3 is 0 Å². The van der Waals surface area contributed by atoms with Gasteiger partial charge in [0.2, 0.25) is 0 Å². The van der Waals surface area contributed by atoms with Gasteiger partial charge in [-0.1, -0.05) is 0 Å². The number of anilines is 1. The fourth-order valence-corrected chi connectivity index (χ4v) is 2.14. The Bertz CT molecular complexity index is 590. The maximum atomic E-state index is 13.6. The smallest absolute Gasteiger partial charge is 0.183 e. The van der Waals surface area contributed by atoms with Gasteiger partial charge in [0.25, 0.3) is 0 Å². The maximum Gasteiger partial charge on any atom is 0.183 e. The van der Waals surface area contributed by atoms with Crippen LogP contribution in [-0.2, 0) is 0 Å². The van der Waals surface area contributed by atoms with Crippen LogP contribution in [0.2, 0.25) is 0 Å².